The molecule has 3 N–H and O–H groups in total. The van der Waals surface area contributed by atoms with Crippen molar-refractivity contribution >= 4 is 5.91 Å². The number of hydrogen-bond donors (Lipinski definition) is 2. The molecule has 0 saturated carbocycles. The fraction of sp³-hybridized carbons (Fsp3) is 0.562. The SMILES string of the molecule is CC(C)Cc1ccc(CNC(=O)CCC(C)N)cc1. The van der Waals surface area contributed by atoms with Crippen molar-refractivity contribution in [2.24, 2.45) is 11.7 Å². The van der Waals surface area contributed by atoms with Crippen molar-refractivity contribution < 1.29 is 4.79 Å². The summed E-state index contributed by atoms with van der Waals surface area (Å²) in [6.45, 7) is 6.94. The van der Waals surface area contributed by atoms with Crippen molar-refractivity contribution in [1.82, 2.24) is 5.32 Å². The van der Waals surface area contributed by atoms with Gasteiger partial charge in [-0.25, -0.2) is 0 Å². The monoisotopic (exact) mass is 262 g/mol. The Balaban J connectivity index is 2.35. The second-order valence-electron chi connectivity index (χ2n) is 5.71. The van der Waals surface area contributed by atoms with Crippen LogP contribution in [0, 0.1) is 5.92 Å². The summed E-state index contributed by atoms with van der Waals surface area (Å²) in [4.78, 5) is 11.6. The maximum Gasteiger partial charge on any atom is 0.220 e. The summed E-state index contributed by atoms with van der Waals surface area (Å²) in [6, 6.07) is 8.54. The van der Waals surface area contributed by atoms with Crippen molar-refractivity contribution in [3.8, 4) is 0 Å². The van der Waals surface area contributed by atoms with Gasteiger partial charge >= 0.3 is 0 Å². The smallest absolute Gasteiger partial charge is 0.220 e. The van der Waals surface area contributed by atoms with Crippen molar-refractivity contribution in [3.63, 3.8) is 0 Å². The van der Waals surface area contributed by atoms with Crippen LogP contribution >= 0.6 is 0 Å². The third-order valence-corrected chi connectivity index (χ3v) is 2.98. The first kappa shape index (κ1) is 15.7. The van der Waals surface area contributed by atoms with Gasteiger partial charge in [0.1, 0.15) is 0 Å². The van der Waals surface area contributed by atoms with E-state index in [1.54, 1.807) is 0 Å². The van der Waals surface area contributed by atoms with Gasteiger partial charge in [-0.05, 0) is 36.8 Å². The Morgan fingerprint density at radius 3 is 2.26 bits per heavy atom. The minimum absolute atomic E-state index is 0.0727. The van der Waals surface area contributed by atoms with Crippen LogP contribution in [0.2, 0.25) is 0 Å². The molecule has 1 atom stereocenters. The summed E-state index contributed by atoms with van der Waals surface area (Å²) in [5.41, 5.74) is 8.11. The fourth-order valence-electron chi connectivity index (χ4n) is 1.91. The van der Waals surface area contributed by atoms with Crippen LogP contribution in [0.1, 0.15) is 44.7 Å². The molecular formula is C16H26N2O. The quantitative estimate of drug-likeness (QED) is 0.793. The van der Waals surface area contributed by atoms with Gasteiger partial charge in [0.25, 0.3) is 0 Å². The molecule has 0 aliphatic rings. The molecule has 1 aromatic rings. The highest BCUT2D eigenvalue weighted by atomic mass is 16.1. The van der Waals surface area contributed by atoms with Gasteiger partial charge in [-0.1, -0.05) is 38.1 Å². The van der Waals surface area contributed by atoms with Gasteiger partial charge < -0.3 is 11.1 Å². The normalized spacial score (nSPS) is 12.5. The lowest BCUT2D eigenvalue weighted by Crippen LogP contribution is -2.25. The van der Waals surface area contributed by atoms with Crippen LogP contribution in [-0.2, 0) is 17.8 Å². The molecule has 1 aromatic carbocycles. The molecule has 3 nitrogen and oxygen atoms in total. The van der Waals surface area contributed by atoms with E-state index in [4.69, 9.17) is 5.73 Å². The second-order valence-corrected chi connectivity index (χ2v) is 5.71. The van der Waals surface area contributed by atoms with Gasteiger partial charge in [0, 0.05) is 19.0 Å². The zero-order chi connectivity index (χ0) is 14.3. The molecule has 0 fully saturated rings. The highest BCUT2D eigenvalue weighted by Crippen LogP contribution is 2.09. The van der Waals surface area contributed by atoms with Crippen molar-refractivity contribution in [1.29, 1.82) is 0 Å². The molecule has 1 unspecified atom stereocenters. The van der Waals surface area contributed by atoms with E-state index in [0.29, 0.717) is 18.9 Å². The first-order valence-corrected chi connectivity index (χ1v) is 7.07. The standard InChI is InChI=1S/C16H26N2O/c1-12(2)10-14-5-7-15(8-6-14)11-18-16(19)9-4-13(3)17/h5-8,12-13H,4,9-11,17H2,1-3H3,(H,18,19). The number of amides is 1. The number of carbonyl (C=O) groups is 1. The minimum Gasteiger partial charge on any atom is -0.352 e. The van der Waals surface area contributed by atoms with Crippen molar-refractivity contribution in [3.05, 3.63) is 35.4 Å². The van der Waals surface area contributed by atoms with E-state index in [1.165, 1.54) is 5.56 Å². The van der Waals surface area contributed by atoms with Gasteiger partial charge in [0.05, 0.1) is 0 Å². The molecule has 0 aromatic heterocycles. The van der Waals surface area contributed by atoms with E-state index in [1.807, 2.05) is 6.92 Å². The van der Waals surface area contributed by atoms with Crippen LogP contribution in [0.5, 0.6) is 0 Å². The van der Waals surface area contributed by atoms with E-state index in [0.717, 1.165) is 18.4 Å². The summed E-state index contributed by atoms with van der Waals surface area (Å²) in [7, 11) is 0. The summed E-state index contributed by atoms with van der Waals surface area (Å²) >= 11 is 0. The molecule has 106 valence electrons. The van der Waals surface area contributed by atoms with Crippen LogP contribution in [0.15, 0.2) is 24.3 Å². The van der Waals surface area contributed by atoms with E-state index in [-0.39, 0.29) is 11.9 Å². The van der Waals surface area contributed by atoms with Gasteiger partial charge in [-0.15, -0.1) is 0 Å². The van der Waals surface area contributed by atoms with Gasteiger partial charge in [0.2, 0.25) is 5.91 Å². The average Bonchev–Trinajstić information content (AvgIpc) is 2.35. The summed E-state index contributed by atoms with van der Waals surface area (Å²) in [5, 5.41) is 2.92. The van der Waals surface area contributed by atoms with Crippen LogP contribution in [-0.4, -0.2) is 11.9 Å². The number of hydrogen-bond acceptors (Lipinski definition) is 2. The predicted molar refractivity (Wildman–Crippen MR) is 79.7 cm³/mol. The molecule has 19 heavy (non-hydrogen) atoms. The molecule has 1 rings (SSSR count). The van der Waals surface area contributed by atoms with Crippen LogP contribution in [0.25, 0.3) is 0 Å². The Morgan fingerprint density at radius 1 is 1.16 bits per heavy atom. The Labute approximate surface area is 116 Å². The minimum atomic E-state index is 0.0727. The lowest BCUT2D eigenvalue weighted by molar-refractivity contribution is -0.121. The number of nitrogens with two attached hydrogens (primary N) is 1. The molecule has 0 heterocycles. The van der Waals surface area contributed by atoms with E-state index >= 15 is 0 Å². The lowest BCUT2D eigenvalue weighted by atomic mass is 10.0. The number of nitrogens with one attached hydrogen (secondary N) is 1. The van der Waals surface area contributed by atoms with E-state index < -0.39 is 0 Å². The molecular weight excluding hydrogens is 236 g/mol. The Morgan fingerprint density at radius 2 is 1.74 bits per heavy atom. The highest BCUT2D eigenvalue weighted by molar-refractivity contribution is 5.75. The third-order valence-electron chi connectivity index (χ3n) is 2.98. The fourth-order valence-corrected chi connectivity index (χ4v) is 1.91. The molecule has 0 aliphatic heterocycles. The first-order chi connectivity index (χ1) is 8.97. The summed E-state index contributed by atoms with van der Waals surface area (Å²) in [5.74, 6) is 0.743. The first-order valence-electron chi connectivity index (χ1n) is 7.07. The van der Waals surface area contributed by atoms with Crippen molar-refractivity contribution in [2.75, 3.05) is 0 Å². The van der Waals surface area contributed by atoms with Crippen LogP contribution in [0.3, 0.4) is 0 Å². The average molecular weight is 262 g/mol. The molecule has 0 saturated heterocycles. The van der Waals surface area contributed by atoms with Crippen LogP contribution in [0.4, 0.5) is 0 Å². The summed E-state index contributed by atoms with van der Waals surface area (Å²) < 4.78 is 0. The molecule has 0 radical (unpaired) electrons. The Bertz CT molecular complexity index is 382. The van der Waals surface area contributed by atoms with Crippen LogP contribution < -0.4 is 11.1 Å². The molecule has 0 bridgehead atoms. The molecule has 1 amide bonds. The third kappa shape index (κ3) is 6.97. The van der Waals surface area contributed by atoms with Gasteiger partial charge in [-0.3, -0.25) is 4.79 Å². The van der Waals surface area contributed by atoms with Gasteiger partial charge in [-0.2, -0.15) is 0 Å². The predicted octanol–water partition coefficient (Wildman–Crippen LogP) is 2.63. The second kappa shape index (κ2) is 7.95. The molecule has 0 aliphatic carbocycles. The number of carbonyl (C=O) groups excluding carboxylic acids is 1. The zero-order valence-corrected chi connectivity index (χ0v) is 12.3. The Kier molecular flexibility index (Phi) is 6.57. The van der Waals surface area contributed by atoms with Crippen molar-refractivity contribution in [2.45, 2.75) is 52.6 Å². The lowest BCUT2D eigenvalue weighted by Gasteiger charge is -2.08. The Hall–Kier alpha value is -1.35. The number of rotatable bonds is 7. The number of benzene rings is 1. The maximum atomic E-state index is 11.6. The van der Waals surface area contributed by atoms with E-state index in [9.17, 15) is 4.79 Å². The summed E-state index contributed by atoms with van der Waals surface area (Å²) in [6.07, 6.45) is 2.34. The largest absolute Gasteiger partial charge is 0.352 e. The maximum absolute atomic E-state index is 11.6. The molecule has 3 heteroatoms. The van der Waals surface area contributed by atoms with Gasteiger partial charge in [0.15, 0.2) is 0 Å². The highest BCUT2D eigenvalue weighted by Gasteiger charge is 2.03. The topological polar surface area (TPSA) is 55.1 Å². The van der Waals surface area contributed by atoms with E-state index in [2.05, 4.69) is 43.4 Å². The molecule has 0 spiro atoms. The zero-order valence-electron chi connectivity index (χ0n) is 12.3.